The minimum atomic E-state index is -0.665. The monoisotopic (exact) mass is 602 g/mol. The third-order valence-electron chi connectivity index (χ3n) is 6.86. The van der Waals surface area contributed by atoms with Crippen molar-refractivity contribution in [1.82, 2.24) is 40.1 Å². The van der Waals surface area contributed by atoms with Crippen LogP contribution in [0.4, 0.5) is 8.78 Å². The number of carbonyl (C=O) groups excluding carboxylic acids is 1. The topological polar surface area (TPSA) is 126 Å². The van der Waals surface area contributed by atoms with Crippen LogP contribution in [0.3, 0.4) is 0 Å². The summed E-state index contributed by atoms with van der Waals surface area (Å²) >= 11 is 9.51. The Morgan fingerprint density at radius 3 is 2.82 bits per heavy atom. The Bertz CT molecular complexity index is 1590. The molecular weight excluding hydrogens is 586 g/mol. The van der Waals surface area contributed by atoms with Crippen LogP contribution in [0.1, 0.15) is 42.4 Å². The number of nitrogens with one attached hydrogen (secondary N) is 1. The van der Waals surface area contributed by atoms with Gasteiger partial charge in [-0.05, 0) is 69.4 Å². The van der Waals surface area contributed by atoms with Crippen LogP contribution >= 0.6 is 27.5 Å². The molecule has 0 unspecified atom stereocenters. The van der Waals surface area contributed by atoms with Gasteiger partial charge in [0.05, 0.1) is 23.4 Å². The molecule has 2 N–H and O–H groups in total. The standard InChI is InChI=1S/C24H18BrClF2N8O2/c25-23-22(13-5-6-29-15(9-37)20(13)27)31-24(32-23)17-3-1-12-7-11(8-18(38)36(12)17)19-16(35-10-30-33-34-35)4-2-14(26)21(19)28/h2,4-6,8,10,12,17,37H,1,3,7,9H2,(H,31,32)/t12-,17+/m1/s1. The summed E-state index contributed by atoms with van der Waals surface area (Å²) in [5, 5.41) is 20.4. The third-order valence-corrected chi connectivity index (χ3v) is 7.73. The van der Waals surface area contributed by atoms with Gasteiger partial charge in [0.2, 0.25) is 5.91 Å². The van der Waals surface area contributed by atoms with Crippen molar-refractivity contribution in [2.75, 3.05) is 0 Å². The number of hydrogen-bond donors (Lipinski definition) is 2. The van der Waals surface area contributed by atoms with E-state index in [0.717, 1.165) is 0 Å². The number of nitrogens with zero attached hydrogens (tertiary/aromatic N) is 7. The lowest BCUT2D eigenvalue weighted by Crippen LogP contribution is -2.39. The van der Waals surface area contributed by atoms with Gasteiger partial charge >= 0.3 is 0 Å². The van der Waals surface area contributed by atoms with Crippen LogP contribution in [0.5, 0.6) is 0 Å². The second kappa shape index (κ2) is 9.64. The molecule has 0 aliphatic carbocycles. The maximum atomic E-state index is 15.3. The molecule has 3 aromatic heterocycles. The number of hydrogen-bond acceptors (Lipinski definition) is 7. The molecule has 1 amide bonds. The van der Waals surface area contributed by atoms with Crippen molar-refractivity contribution < 1.29 is 18.7 Å². The SMILES string of the molecule is O=C1C=C(c2c(-n3cnnn3)ccc(Cl)c2F)C[C@H]2CC[C@@H](c3nc(-c4ccnc(CO)c4F)c(Br)[nH]3)N12. The van der Waals surface area contributed by atoms with E-state index in [9.17, 15) is 14.3 Å². The van der Waals surface area contributed by atoms with Gasteiger partial charge in [-0.3, -0.25) is 9.78 Å². The average molecular weight is 604 g/mol. The number of pyridine rings is 1. The van der Waals surface area contributed by atoms with E-state index in [2.05, 4.69) is 46.4 Å². The fourth-order valence-electron chi connectivity index (χ4n) is 5.19. The van der Waals surface area contributed by atoms with Gasteiger partial charge in [-0.2, -0.15) is 4.68 Å². The van der Waals surface area contributed by atoms with E-state index < -0.39 is 18.2 Å². The quantitative estimate of drug-likeness (QED) is 0.351. The predicted molar refractivity (Wildman–Crippen MR) is 135 cm³/mol. The van der Waals surface area contributed by atoms with Crippen LogP contribution in [0.2, 0.25) is 5.02 Å². The van der Waals surface area contributed by atoms with E-state index in [1.54, 1.807) is 11.0 Å². The lowest BCUT2D eigenvalue weighted by atomic mass is 9.92. The Morgan fingerprint density at radius 1 is 1.21 bits per heavy atom. The van der Waals surface area contributed by atoms with Crippen molar-refractivity contribution >= 4 is 39.0 Å². The molecule has 194 valence electrons. The van der Waals surface area contributed by atoms with Gasteiger partial charge in [0.25, 0.3) is 0 Å². The zero-order valence-electron chi connectivity index (χ0n) is 19.4. The first-order chi connectivity index (χ1) is 18.4. The second-order valence-corrected chi connectivity index (χ2v) is 10.1. The summed E-state index contributed by atoms with van der Waals surface area (Å²) in [6.07, 6.45) is 5.80. The maximum absolute atomic E-state index is 15.3. The molecule has 1 aromatic carbocycles. The van der Waals surface area contributed by atoms with Crippen molar-refractivity contribution in [2.45, 2.75) is 38.0 Å². The fraction of sp³-hybridized carbons (Fsp3) is 0.250. The number of aromatic amines is 1. The first kappa shape index (κ1) is 24.8. The average Bonchev–Trinajstić information content (AvgIpc) is 3.66. The van der Waals surface area contributed by atoms with Crippen LogP contribution in [0.25, 0.3) is 22.5 Å². The summed E-state index contributed by atoms with van der Waals surface area (Å²) in [6.45, 7) is -0.543. The minimum Gasteiger partial charge on any atom is -0.390 e. The lowest BCUT2D eigenvalue weighted by molar-refractivity contribution is -0.129. The van der Waals surface area contributed by atoms with E-state index in [4.69, 9.17) is 11.6 Å². The number of imidazole rings is 1. The minimum absolute atomic E-state index is 0.0717. The third kappa shape index (κ3) is 4.01. The Hall–Kier alpha value is -3.55. The number of amides is 1. The first-order valence-corrected chi connectivity index (χ1v) is 12.8. The van der Waals surface area contributed by atoms with E-state index >= 15 is 4.39 Å². The van der Waals surface area contributed by atoms with Gasteiger partial charge < -0.3 is 15.0 Å². The van der Waals surface area contributed by atoms with E-state index in [1.165, 1.54) is 35.4 Å². The van der Waals surface area contributed by atoms with Gasteiger partial charge in [-0.15, -0.1) is 5.10 Å². The number of aliphatic hydroxyl groups is 1. The van der Waals surface area contributed by atoms with Gasteiger partial charge in [0.1, 0.15) is 28.1 Å². The van der Waals surface area contributed by atoms with Crippen molar-refractivity contribution in [2.24, 2.45) is 0 Å². The molecule has 0 spiro atoms. The van der Waals surface area contributed by atoms with Crippen molar-refractivity contribution in [3.63, 3.8) is 0 Å². The molecule has 2 aliphatic rings. The number of carbonyl (C=O) groups is 1. The number of fused-ring (bicyclic) bond motifs is 1. The molecule has 1 saturated heterocycles. The molecule has 1 fully saturated rings. The summed E-state index contributed by atoms with van der Waals surface area (Å²) in [5.74, 6) is -1.12. The number of tetrazole rings is 1. The smallest absolute Gasteiger partial charge is 0.247 e. The lowest BCUT2D eigenvalue weighted by Gasteiger charge is -2.33. The molecule has 0 saturated carbocycles. The highest BCUT2D eigenvalue weighted by atomic mass is 79.9. The molecule has 38 heavy (non-hydrogen) atoms. The van der Waals surface area contributed by atoms with Crippen LogP contribution < -0.4 is 0 Å². The molecule has 0 bridgehead atoms. The molecule has 5 heterocycles. The van der Waals surface area contributed by atoms with Gasteiger partial charge in [-0.1, -0.05) is 11.6 Å². The van der Waals surface area contributed by atoms with Crippen LogP contribution in [0, 0.1) is 11.6 Å². The number of aromatic nitrogens is 7. The molecule has 2 aliphatic heterocycles. The first-order valence-electron chi connectivity index (χ1n) is 11.6. The molecule has 0 radical (unpaired) electrons. The van der Waals surface area contributed by atoms with Crippen molar-refractivity contribution in [1.29, 1.82) is 0 Å². The van der Waals surface area contributed by atoms with Gasteiger partial charge in [-0.25, -0.2) is 13.8 Å². The molecule has 2 atom stereocenters. The zero-order valence-corrected chi connectivity index (χ0v) is 21.8. The second-order valence-electron chi connectivity index (χ2n) is 8.94. The zero-order chi connectivity index (χ0) is 26.6. The van der Waals surface area contributed by atoms with Crippen molar-refractivity contribution in [3.05, 3.63) is 75.1 Å². The highest BCUT2D eigenvalue weighted by Crippen LogP contribution is 2.44. The Balaban J connectivity index is 1.35. The summed E-state index contributed by atoms with van der Waals surface area (Å²) in [4.78, 5) is 26.7. The normalized spacial score (nSPS) is 19.1. The Kier molecular flexibility index (Phi) is 6.28. The van der Waals surface area contributed by atoms with E-state index in [1.807, 2.05) is 0 Å². The van der Waals surface area contributed by atoms with Crippen LogP contribution in [0.15, 0.2) is 41.4 Å². The Labute approximate surface area is 227 Å². The number of aliphatic hydroxyl groups excluding tert-OH is 1. The fourth-order valence-corrected chi connectivity index (χ4v) is 5.85. The molecule has 6 rings (SSSR count). The number of H-pyrrole nitrogens is 1. The molecule has 14 heteroatoms. The number of halogens is 4. The summed E-state index contributed by atoms with van der Waals surface area (Å²) in [6, 6.07) is 3.90. The number of benzene rings is 1. The summed E-state index contributed by atoms with van der Waals surface area (Å²) < 4.78 is 31.9. The number of rotatable bonds is 5. The van der Waals surface area contributed by atoms with Crippen LogP contribution in [-0.2, 0) is 11.4 Å². The summed E-state index contributed by atoms with van der Waals surface area (Å²) in [5.41, 5.74) is 1.45. The Morgan fingerprint density at radius 2 is 2.05 bits per heavy atom. The van der Waals surface area contributed by atoms with E-state index in [0.29, 0.717) is 46.6 Å². The summed E-state index contributed by atoms with van der Waals surface area (Å²) in [7, 11) is 0. The molecule has 10 nitrogen and oxygen atoms in total. The highest BCUT2D eigenvalue weighted by Gasteiger charge is 2.42. The van der Waals surface area contributed by atoms with Crippen LogP contribution in [-0.4, -0.2) is 57.1 Å². The largest absolute Gasteiger partial charge is 0.390 e. The van der Waals surface area contributed by atoms with Crippen molar-refractivity contribution in [3.8, 4) is 16.9 Å². The predicted octanol–water partition coefficient (Wildman–Crippen LogP) is 4.15. The molecular formula is C24H18BrClF2N8O2. The van der Waals surface area contributed by atoms with E-state index in [-0.39, 0.29) is 39.8 Å². The highest BCUT2D eigenvalue weighted by molar-refractivity contribution is 9.10. The van der Waals surface area contributed by atoms with Gasteiger partial charge in [0.15, 0.2) is 11.6 Å². The molecule has 4 aromatic rings. The maximum Gasteiger partial charge on any atom is 0.247 e. The van der Waals surface area contributed by atoms with Gasteiger partial charge in [0, 0.05) is 29.4 Å².